The predicted octanol–water partition coefficient (Wildman–Crippen LogP) is 2.19. The van der Waals surface area contributed by atoms with Crippen LogP contribution < -0.4 is 5.32 Å². The van der Waals surface area contributed by atoms with Crippen molar-refractivity contribution in [2.45, 2.75) is 30.7 Å². The fourth-order valence-corrected chi connectivity index (χ4v) is 3.32. The molecule has 22 heavy (non-hydrogen) atoms. The fourth-order valence-electron chi connectivity index (χ4n) is 3.12. The van der Waals surface area contributed by atoms with Gasteiger partial charge in [0.2, 0.25) is 5.91 Å². The smallest absolute Gasteiger partial charge is 0.305 e. The number of ether oxygens (including phenoxy) is 1. The number of benzene rings is 1. The number of nitrogens with one attached hydrogen (secondary N) is 1. The van der Waals surface area contributed by atoms with Crippen molar-refractivity contribution in [2.24, 2.45) is 5.92 Å². The number of rotatable bonds is 5. The largest absolute Gasteiger partial charge is 0.481 e. The minimum absolute atomic E-state index is 0.0864. The Kier molecular flexibility index (Phi) is 4.10. The Morgan fingerprint density at radius 2 is 2.27 bits per heavy atom. The number of carboxylic acid groups (broad SMARTS) is 1. The number of hydrogen-bond donors (Lipinski definition) is 2. The lowest BCUT2D eigenvalue weighted by atomic mass is 9.94. The highest BCUT2D eigenvalue weighted by molar-refractivity contribution is 6.30. The van der Waals surface area contributed by atoms with Crippen LogP contribution in [0.1, 0.15) is 30.7 Å². The molecule has 118 valence electrons. The van der Waals surface area contributed by atoms with E-state index in [4.69, 9.17) is 21.4 Å². The molecule has 0 bridgehead atoms. The number of carbonyl (C=O) groups is 2. The molecule has 1 amide bonds. The van der Waals surface area contributed by atoms with Gasteiger partial charge < -0.3 is 15.2 Å². The lowest BCUT2D eigenvalue weighted by molar-refractivity contribution is -0.139. The van der Waals surface area contributed by atoms with E-state index in [2.05, 4.69) is 5.32 Å². The van der Waals surface area contributed by atoms with E-state index in [1.807, 2.05) is 18.2 Å². The van der Waals surface area contributed by atoms with Gasteiger partial charge in [-0.3, -0.25) is 9.59 Å². The van der Waals surface area contributed by atoms with Crippen LogP contribution in [0.15, 0.2) is 24.3 Å². The molecule has 2 N–H and O–H groups in total. The van der Waals surface area contributed by atoms with Gasteiger partial charge in [-0.15, -0.1) is 0 Å². The van der Waals surface area contributed by atoms with Crippen molar-refractivity contribution in [3.63, 3.8) is 0 Å². The molecule has 2 aliphatic rings. The van der Waals surface area contributed by atoms with Crippen LogP contribution in [0.3, 0.4) is 0 Å². The first-order valence-corrected chi connectivity index (χ1v) is 7.74. The van der Waals surface area contributed by atoms with E-state index >= 15 is 0 Å². The molecule has 3 rings (SSSR count). The zero-order chi connectivity index (χ0) is 15.7. The van der Waals surface area contributed by atoms with Crippen LogP contribution in [0, 0.1) is 5.92 Å². The van der Waals surface area contributed by atoms with Crippen molar-refractivity contribution in [3.8, 4) is 0 Å². The predicted molar refractivity (Wildman–Crippen MR) is 80.9 cm³/mol. The molecule has 1 aliphatic heterocycles. The quantitative estimate of drug-likeness (QED) is 0.871. The summed E-state index contributed by atoms with van der Waals surface area (Å²) in [5, 5.41) is 12.6. The van der Waals surface area contributed by atoms with Crippen LogP contribution in [0.4, 0.5) is 0 Å². The topological polar surface area (TPSA) is 75.6 Å². The van der Waals surface area contributed by atoms with Gasteiger partial charge in [0.25, 0.3) is 0 Å². The lowest BCUT2D eigenvalue weighted by Crippen LogP contribution is -2.51. The van der Waals surface area contributed by atoms with Crippen molar-refractivity contribution in [3.05, 3.63) is 34.9 Å². The molecule has 0 aromatic heterocycles. The number of amides is 1. The Morgan fingerprint density at radius 1 is 1.45 bits per heavy atom. The average molecular weight is 324 g/mol. The zero-order valence-electron chi connectivity index (χ0n) is 12.0. The van der Waals surface area contributed by atoms with Gasteiger partial charge >= 0.3 is 5.97 Å². The molecule has 1 aromatic carbocycles. The van der Waals surface area contributed by atoms with Gasteiger partial charge in [0, 0.05) is 17.5 Å². The average Bonchev–Trinajstić information content (AvgIpc) is 3.14. The second-order valence-corrected chi connectivity index (χ2v) is 6.58. The molecular weight excluding hydrogens is 306 g/mol. The van der Waals surface area contributed by atoms with Crippen LogP contribution in [0.25, 0.3) is 0 Å². The maximum Gasteiger partial charge on any atom is 0.305 e. The molecule has 1 aliphatic carbocycles. The molecule has 0 radical (unpaired) electrons. The molecule has 1 heterocycles. The van der Waals surface area contributed by atoms with E-state index in [9.17, 15) is 9.59 Å². The van der Waals surface area contributed by atoms with Crippen LogP contribution in [-0.4, -0.2) is 35.7 Å². The molecule has 2 fully saturated rings. The third kappa shape index (κ3) is 3.25. The summed E-state index contributed by atoms with van der Waals surface area (Å²) < 4.78 is 5.29. The highest BCUT2D eigenvalue weighted by atomic mass is 35.5. The Labute approximate surface area is 133 Å². The number of halogens is 1. The van der Waals surface area contributed by atoms with Crippen molar-refractivity contribution < 1.29 is 19.4 Å². The number of aliphatic carboxylic acids is 1. The van der Waals surface area contributed by atoms with E-state index in [0.717, 1.165) is 12.0 Å². The minimum atomic E-state index is -0.923. The van der Waals surface area contributed by atoms with Gasteiger partial charge in [-0.05, 0) is 36.5 Å². The number of hydrogen-bond acceptors (Lipinski definition) is 3. The molecule has 5 nitrogen and oxygen atoms in total. The molecule has 3 unspecified atom stereocenters. The summed E-state index contributed by atoms with van der Waals surface area (Å²) in [5.74, 6) is -0.947. The summed E-state index contributed by atoms with van der Waals surface area (Å²) >= 11 is 5.98. The Bertz CT molecular complexity index is 598. The summed E-state index contributed by atoms with van der Waals surface area (Å²) in [7, 11) is 0. The van der Waals surface area contributed by atoms with E-state index in [1.165, 1.54) is 0 Å². The summed E-state index contributed by atoms with van der Waals surface area (Å²) in [6.07, 6.45) is 1.21. The highest BCUT2D eigenvalue weighted by Crippen LogP contribution is 2.48. The number of carboxylic acids is 1. The highest BCUT2D eigenvalue weighted by Gasteiger charge is 2.47. The van der Waals surface area contributed by atoms with E-state index < -0.39 is 11.5 Å². The zero-order valence-corrected chi connectivity index (χ0v) is 12.8. The lowest BCUT2D eigenvalue weighted by Gasteiger charge is -2.27. The van der Waals surface area contributed by atoms with Crippen LogP contribution in [0.5, 0.6) is 0 Å². The summed E-state index contributed by atoms with van der Waals surface area (Å²) in [5.41, 5.74) is 0.298. The third-order valence-electron chi connectivity index (χ3n) is 4.39. The molecule has 1 saturated carbocycles. The summed E-state index contributed by atoms with van der Waals surface area (Å²) in [4.78, 5) is 23.5. The van der Waals surface area contributed by atoms with Crippen LogP contribution in [-0.2, 0) is 14.3 Å². The standard InChI is InChI=1S/C16H18ClNO4/c17-11-3-1-2-10(6-11)12-7-13(12)15(21)18-16(8-14(19)20)4-5-22-9-16/h1-3,6,12-13H,4-5,7-9H2,(H,18,21)(H,19,20). The second kappa shape index (κ2) is 5.89. The third-order valence-corrected chi connectivity index (χ3v) is 4.62. The first kappa shape index (κ1) is 15.3. The summed E-state index contributed by atoms with van der Waals surface area (Å²) in [6.45, 7) is 0.746. The van der Waals surface area contributed by atoms with Gasteiger partial charge in [0.15, 0.2) is 0 Å². The van der Waals surface area contributed by atoms with Gasteiger partial charge in [-0.25, -0.2) is 0 Å². The maximum absolute atomic E-state index is 12.4. The summed E-state index contributed by atoms with van der Waals surface area (Å²) in [6, 6.07) is 7.53. The normalized spacial score (nSPS) is 30.0. The Balaban J connectivity index is 1.64. The first-order chi connectivity index (χ1) is 10.5. The van der Waals surface area contributed by atoms with Crippen molar-refractivity contribution in [2.75, 3.05) is 13.2 Å². The van der Waals surface area contributed by atoms with E-state index in [-0.39, 0.29) is 30.8 Å². The number of carbonyl (C=O) groups excluding carboxylic acids is 1. The Hall–Kier alpha value is -1.59. The molecule has 1 saturated heterocycles. The van der Waals surface area contributed by atoms with Crippen molar-refractivity contribution in [1.82, 2.24) is 5.32 Å². The maximum atomic E-state index is 12.4. The molecular formula is C16H18ClNO4. The first-order valence-electron chi connectivity index (χ1n) is 7.36. The Morgan fingerprint density at radius 3 is 2.91 bits per heavy atom. The molecule has 0 spiro atoms. The second-order valence-electron chi connectivity index (χ2n) is 6.15. The fraction of sp³-hybridized carbons (Fsp3) is 0.500. The van der Waals surface area contributed by atoms with E-state index in [1.54, 1.807) is 6.07 Å². The van der Waals surface area contributed by atoms with E-state index in [0.29, 0.717) is 18.1 Å². The van der Waals surface area contributed by atoms with Crippen molar-refractivity contribution in [1.29, 1.82) is 0 Å². The van der Waals surface area contributed by atoms with Crippen molar-refractivity contribution >= 4 is 23.5 Å². The monoisotopic (exact) mass is 323 g/mol. The van der Waals surface area contributed by atoms with Gasteiger partial charge in [0.1, 0.15) is 0 Å². The molecule has 1 aromatic rings. The minimum Gasteiger partial charge on any atom is -0.481 e. The van der Waals surface area contributed by atoms with Crippen LogP contribution >= 0.6 is 11.6 Å². The van der Waals surface area contributed by atoms with Gasteiger partial charge in [-0.1, -0.05) is 23.7 Å². The van der Waals surface area contributed by atoms with Crippen LogP contribution in [0.2, 0.25) is 5.02 Å². The molecule has 6 heteroatoms. The molecule has 3 atom stereocenters. The SMILES string of the molecule is O=C(O)CC1(NC(=O)C2CC2c2cccc(Cl)c2)CCOC1. The van der Waals surface area contributed by atoms with Gasteiger partial charge in [-0.2, -0.15) is 0 Å². The van der Waals surface area contributed by atoms with Gasteiger partial charge in [0.05, 0.1) is 18.6 Å².